The van der Waals surface area contributed by atoms with Crippen molar-refractivity contribution in [3.8, 4) is 0 Å². The van der Waals surface area contributed by atoms with Crippen molar-refractivity contribution in [3.63, 3.8) is 0 Å². The van der Waals surface area contributed by atoms with Gasteiger partial charge in [0.1, 0.15) is 0 Å². The first-order chi connectivity index (χ1) is 14.3. The van der Waals surface area contributed by atoms with Crippen molar-refractivity contribution in [2.45, 2.75) is 30.8 Å². The van der Waals surface area contributed by atoms with Crippen molar-refractivity contribution in [2.75, 3.05) is 11.4 Å². The minimum Gasteiger partial charge on any atom is -0.337 e. The molecule has 0 saturated heterocycles. The van der Waals surface area contributed by atoms with Crippen LogP contribution in [0, 0.1) is 0 Å². The van der Waals surface area contributed by atoms with E-state index in [-0.39, 0.29) is 16.8 Å². The van der Waals surface area contributed by atoms with Crippen molar-refractivity contribution in [1.82, 2.24) is 4.90 Å². The Balaban J connectivity index is 1.62. The smallest absolute Gasteiger partial charge is 0.264 e. The largest absolute Gasteiger partial charge is 0.337 e. The van der Waals surface area contributed by atoms with Crippen molar-refractivity contribution < 1.29 is 13.2 Å². The molecule has 1 aliphatic rings. The van der Waals surface area contributed by atoms with E-state index in [1.54, 1.807) is 36.2 Å². The summed E-state index contributed by atoms with van der Waals surface area (Å²) in [5, 5.41) is 0. The zero-order valence-corrected chi connectivity index (χ0v) is 19.0. The Hall–Kier alpha value is -2.35. The minimum absolute atomic E-state index is 0.115. The maximum absolute atomic E-state index is 13.4. The zero-order valence-electron chi connectivity index (χ0n) is 16.6. The van der Waals surface area contributed by atoms with Crippen molar-refractivity contribution in [1.29, 1.82) is 0 Å². The van der Waals surface area contributed by atoms with Crippen LogP contribution >= 0.6 is 22.9 Å². The summed E-state index contributed by atoms with van der Waals surface area (Å²) in [4.78, 5) is 15.5. The summed E-state index contributed by atoms with van der Waals surface area (Å²) in [6.45, 7) is 2.30. The number of sulfonamides is 1. The second-order valence-electron chi connectivity index (χ2n) is 7.38. The molecular weight excluding hydrogens is 440 g/mol. The SMILES string of the molecule is CC1Cc2ccccc2N1S(=O)(=O)c1cccc(C(=O)N(C)Cc2ccc(Cl)s2)c1. The molecule has 30 heavy (non-hydrogen) atoms. The van der Waals surface area contributed by atoms with Gasteiger partial charge in [0, 0.05) is 23.5 Å². The number of nitrogens with zero attached hydrogens (tertiary/aromatic N) is 2. The fraction of sp³-hybridized carbons (Fsp3) is 0.227. The standard InChI is InChI=1S/C22H21ClN2O3S2/c1-15-12-16-6-3-4-9-20(16)25(15)30(27,28)19-8-5-7-17(13-19)22(26)24(2)14-18-10-11-21(23)29-18/h3-11,13,15H,12,14H2,1-2H3. The molecule has 8 heteroatoms. The third-order valence-corrected chi connectivity index (χ3v) is 8.29. The van der Waals surface area contributed by atoms with E-state index >= 15 is 0 Å². The molecule has 1 unspecified atom stereocenters. The van der Waals surface area contributed by atoms with E-state index in [1.165, 1.54) is 21.7 Å². The molecule has 0 spiro atoms. The molecule has 2 aromatic carbocycles. The molecule has 0 aliphatic carbocycles. The number of anilines is 1. The fourth-order valence-electron chi connectivity index (χ4n) is 3.77. The van der Waals surface area contributed by atoms with E-state index in [4.69, 9.17) is 11.6 Å². The molecule has 0 saturated carbocycles. The Morgan fingerprint density at radius 2 is 1.93 bits per heavy atom. The molecule has 1 aliphatic heterocycles. The molecule has 3 aromatic rings. The van der Waals surface area contributed by atoms with Crippen LogP contribution in [-0.2, 0) is 23.0 Å². The Labute approximate surface area is 185 Å². The fourth-order valence-corrected chi connectivity index (χ4v) is 6.65. The molecule has 1 atom stereocenters. The number of thiophene rings is 1. The van der Waals surface area contributed by atoms with Crippen LogP contribution in [0.4, 0.5) is 5.69 Å². The summed E-state index contributed by atoms with van der Waals surface area (Å²) in [7, 11) is -2.10. The molecule has 0 radical (unpaired) electrons. The molecule has 2 heterocycles. The van der Waals surface area contributed by atoms with Crippen LogP contribution in [0.1, 0.15) is 27.7 Å². The van der Waals surface area contributed by atoms with Crippen molar-refractivity contribution in [3.05, 3.63) is 81.0 Å². The van der Waals surface area contributed by atoms with Crippen LogP contribution in [0.3, 0.4) is 0 Å². The van der Waals surface area contributed by atoms with Gasteiger partial charge in [-0.05, 0) is 55.3 Å². The normalized spacial score (nSPS) is 15.8. The highest BCUT2D eigenvalue weighted by atomic mass is 35.5. The average Bonchev–Trinajstić information content (AvgIpc) is 3.29. The minimum atomic E-state index is -3.79. The van der Waals surface area contributed by atoms with Gasteiger partial charge in [0.15, 0.2) is 0 Å². The molecule has 0 bridgehead atoms. The van der Waals surface area contributed by atoms with Crippen molar-refractivity contribution >= 4 is 44.6 Å². The Bertz CT molecular complexity index is 1210. The molecule has 156 valence electrons. The quantitative estimate of drug-likeness (QED) is 0.548. The highest BCUT2D eigenvalue weighted by molar-refractivity contribution is 7.92. The first-order valence-corrected chi connectivity index (χ1v) is 12.1. The predicted octanol–water partition coefficient (Wildman–Crippen LogP) is 4.81. The average molecular weight is 461 g/mol. The lowest BCUT2D eigenvalue weighted by atomic mass is 10.1. The third-order valence-electron chi connectivity index (χ3n) is 5.15. The maximum atomic E-state index is 13.4. The summed E-state index contributed by atoms with van der Waals surface area (Å²) >= 11 is 7.38. The topological polar surface area (TPSA) is 57.7 Å². The lowest BCUT2D eigenvalue weighted by Gasteiger charge is -2.25. The van der Waals surface area contributed by atoms with Gasteiger partial charge in [0.2, 0.25) is 0 Å². The zero-order chi connectivity index (χ0) is 21.5. The van der Waals surface area contributed by atoms with Gasteiger partial charge in [-0.1, -0.05) is 35.9 Å². The Morgan fingerprint density at radius 3 is 2.67 bits per heavy atom. The highest BCUT2D eigenvalue weighted by Crippen LogP contribution is 2.36. The van der Waals surface area contributed by atoms with E-state index in [9.17, 15) is 13.2 Å². The van der Waals surface area contributed by atoms with Crippen LogP contribution < -0.4 is 4.31 Å². The van der Waals surface area contributed by atoms with E-state index < -0.39 is 10.0 Å². The molecule has 1 amide bonds. The number of hydrogen-bond donors (Lipinski definition) is 0. The summed E-state index contributed by atoms with van der Waals surface area (Å²) in [5.74, 6) is -0.244. The lowest BCUT2D eigenvalue weighted by molar-refractivity contribution is 0.0786. The maximum Gasteiger partial charge on any atom is 0.264 e. The van der Waals surface area contributed by atoms with Gasteiger partial charge in [-0.15, -0.1) is 11.3 Å². The second kappa shape index (κ2) is 8.06. The number of carbonyl (C=O) groups excluding carboxylic acids is 1. The first kappa shape index (κ1) is 20.9. The van der Waals surface area contributed by atoms with Crippen LogP contribution in [-0.4, -0.2) is 32.3 Å². The lowest BCUT2D eigenvalue weighted by Crippen LogP contribution is -2.36. The summed E-state index contributed by atoms with van der Waals surface area (Å²) < 4.78 is 29.0. The van der Waals surface area contributed by atoms with E-state index in [1.807, 2.05) is 37.3 Å². The second-order valence-corrected chi connectivity index (χ2v) is 11.0. The van der Waals surface area contributed by atoms with Crippen LogP contribution in [0.5, 0.6) is 0 Å². The summed E-state index contributed by atoms with van der Waals surface area (Å²) in [6, 6.07) is 17.3. The Morgan fingerprint density at radius 1 is 1.17 bits per heavy atom. The molecule has 0 fully saturated rings. The van der Waals surface area contributed by atoms with Gasteiger partial charge in [0.25, 0.3) is 15.9 Å². The number of carbonyl (C=O) groups is 1. The van der Waals surface area contributed by atoms with Crippen LogP contribution in [0.2, 0.25) is 4.34 Å². The van der Waals surface area contributed by atoms with Gasteiger partial charge < -0.3 is 4.90 Å². The van der Waals surface area contributed by atoms with E-state index in [0.29, 0.717) is 28.6 Å². The summed E-state index contributed by atoms with van der Waals surface area (Å²) in [5.41, 5.74) is 2.05. The molecular formula is C22H21ClN2O3S2. The van der Waals surface area contributed by atoms with Gasteiger partial charge in [-0.25, -0.2) is 8.42 Å². The van der Waals surface area contributed by atoms with E-state index in [2.05, 4.69) is 0 Å². The monoisotopic (exact) mass is 460 g/mol. The molecule has 5 nitrogen and oxygen atoms in total. The van der Waals surface area contributed by atoms with Gasteiger partial charge in [-0.3, -0.25) is 9.10 Å². The number of para-hydroxylation sites is 1. The van der Waals surface area contributed by atoms with Crippen LogP contribution in [0.25, 0.3) is 0 Å². The number of benzene rings is 2. The van der Waals surface area contributed by atoms with Gasteiger partial charge >= 0.3 is 0 Å². The number of rotatable bonds is 5. The predicted molar refractivity (Wildman–Crippen MR) is 121 cm³/mol. The highest BCUT2D eigenvalue weighted by Gasteiger charge is 2.36. The van der Waals surface area contributed by atoms with E-state index in [0.717, 1.165) is 10.4 Å². The number of amides is 1. The number of hydrogen-bond acceptors (Lipinski definition) is 4. The number of halogens is 1. The molecule has 1 aromatic heterocycles. The van der Waals surface area contributed by atoms with Crippen LogP contribution in [0.15, 0.2) is 65.6 Å². The molecule has 0 N–H and O–H groups in total. The number of fused-ring (bicyclic) bond motifs is 1. The van der Waals surface area contributed by atoms with Gasteiger partial charge in [-0.2, -0.15) is 0 Å². The summed E-state index contributed by atoms with van der Waals surface area (Å²) in [6.07, 6.45) is 0.667. The van der Waals surface area contributed by atoms with Gasteiger partial charge in [0.05, 0.1) is 21.5 Å². The van der Waals surface area contributed by atoms with Crippen molar-refractivity contribution in [2.24, 2.45) is 0 Å². The third kappa shape index (κ3) is 3.85. The first-order valence-electron chi connectivity index (χ1n) is 9.49. The Kier molecular flexibility index (Phi) is 5.61. The molecule has 4 rings (SSSR count).